The van der Waals surface area contributed by atoms with E-state index in [1.807, 2.05) is 35.4 Å². The minimum Gasteiger partial charge on any atom is -0.338 e. The van der Waals surface area contributed by atoms with Crippen LogP contribution in [0.3, 0.4) is 0 Å². The zero-order valence-electron chi connectivity index (χ0n) is 13.3. The molecule has 2 aliphatic rings. The number of carbonyl (C=O) groups excluding carboxylic acids is 1. The standard InChI is InChI=1S/C17H19N3O2S/c1-10-16(11(2)23-18-10)17(22)19-7-12-6-13(9-19)14-4-3-5-15(21)20(14)8-12/h3-5,12-13H,6-9H2,1-2H3/t12-,13+/m0/s1. The number of fused-ring (bicyclic) bond motifs is 4. The first-order valence-corrected chi connectivity index (χ1v) is 8.74. The average Bonchev–Trinajstić information content (AvgIpc) is 2.86. The minimum atomic E-state index is 0.0747. The molecule has 120 valence electrons. The Morgan fingerprint density at radius 1 is 1.26 bits per heavy atom. The second kappa shape index (κ2) is 5.30. The first-order valence-electron chi connectivity index (χ1n) is 7.96. The number of hydrogen-bond donors (Lipinski definition) is 0. The molecule has 0 aliphatic carbocycles. The second-order valence-electron chi connectivity index (χ2n) is 6.61. The van der Waals surface area contributed by atoms with Gasteiger partial charge >= 0.3 is 0 Å². The molecule has 6 heteroatoms. The van der Waals surface area contributed by atoms with E-state index in [1.165, 1.54) is 11.5 Å². The molecule has 1 amide bonds. The summed E-state index contributed by atoms with van der Waals surface area (Å²) < 4.78 is 6.19. The Kier molecular flexibility index (Phi) is 3.37. The van der Waals surface area contributed by atoms with Crippen LogP contribution in [0.25, 0.3) is 0 Å². The summed E-state index contributed by atoms with van der Waals surface area (Å²) in [6, 6.07) is 5.47. The quantitative estimate of drug-likeness (QED) is 0.806. The van der Waals surface area contributed by atoms with Gasteiger partial charge < -0.3 is 9.47 Å². The molecule has 2 bridgehead atoms. The zero-order valence-corrected chi connectivity index (χ0v) is 14.1. The molecule has 0 spiro atoms. The van der Waals surface area contributed by atoms with Crippen LogP contribution in [0.4, 0.5) is 0 Å². The first-order chi connectivity index (χ1) is 11.0. The molecule has 0 unspecified atom stereocenters. The number of carbonyl (C=O) groups is 1. The fourth-order valence-electron chi connectivity index (χ4n) is 4.01. The molecule has 0 aromatic carbocycles. The third kappa shape index (κ3) is 2.32. The van der Waals surface area contributed by atoms with Crippen molar-refractivity contribution in [3.05, 3.63) is 50.4 Å². The number of piperidine rings is 1. The predicted octanol–water partition coefficient (Wildman–Crippen LogP) is 2.18. The van der Waals surface area contributed by atoms with E-state index in [9.17, 15) is 9.59 Å². The van der Waals surface area contributed by atoms with E-state index < -0.39 is 0 Å². The van der Waals surface area contributed by atoms with E-state index >= 15 is 0 Å². The number of likely N-dealkylation sites (tertiary alicyclic amines) is 1. The molecule has 0 radical (unpaired) electrons. The van der Waals surface area contributed by atoms with E-state index in [-0.39, 0.29) is 17.4 Å². The smallest absolute Gasteiger partial charge is 0.256 e. The second-order valence-corrected chi connectivity index (χ2v) is 7.58. The number of nitrogens with zero attached hydrogens (tertiary/aromatic N) is 3. The van der Waals surface area contributed by atoms with Crippen molar-refractivity contribution < 1.29 is 4.79 Å². The average molecular weight is 329 g/mol. The van der Waals surface area contributed by atoms with Gasteiger partial charge in [-0.05, 0) is 43.8 Å². The first kappa shape index (κ1) is 14.6. The third-order valence-corrected chi connectivity index (χ3v) is 5.86. The lowest BCUT2D eigenvalue weighted by atomic mass is 9.83. The molecule has 4 heterocycles. The van der Waals surface area contributed by atoms with Gasteiger partial charge in [-0.3, -0.25) is 9.59 Å². The zero-order chi connectivity index (χ0) is 16.1. The third-order valence-electron chi connectivity index (χ3n) is 5.01. The summed E-state index contributed by atoms with van der Waals surface area (Å²) in [6.45, 7) is 5.99. The Morgan fingerprint density at radius 2 is 2.09 bits per heavy atom. The number of amides is 1. The molecule has 2 aromatic rings. The number of aromatic nitrogens is 2. The van der Waals surface area contributed by atoms with Crippen LogP contribution in [0.15, 0.2) is 23.0 Å². The summed E-state index contributed by atoms with van der Waals surface area (Å²) >= 11 is 1.39. The summed E-state index contributed by atoms with van der Waals surface area (Å²) in [5.41, 5.74) is 2.74. The Morgan fingerprint density at radius 3 is 2.83 bits per heavy atom. The van der Waals surface area contributed by atoms with Crippen LogP contribution in [0.2, 0.25) is 0 Å². The predicted molar refractivity (Wildman–Crippen MR) is 89.0 cm³/mol. The van der Waals surface area contributed by atoms with Crippen molar-refractivity contribution in [2.24, 2.45) is 5.92 Å². The molecule has 1 saturated heterocycles. The molecular formula is C17H19N3O2S. The summed E-state index contributed by atoms with van der Waals surface area (Å²) in [6.07, 6.45) is 1.06. The van der Waals surface area contributed by atoms with E-state index in [0.29, 0.717) is 12.5 Å². The van der Waals surface area contributed by atoms with Gasteiger partial charge in [-0.25, -0.2) is 0 Å². The Labute approximate surface area is 138 Å². The van der Waals surface area contributed by atoms with Crippen molar-refractivity contribution >= 4 is 17.4 Å². The fourth-order valence-corrected chi connectivity index (χ4v) is 4.70. The van der Waals surface area contributed by atoms with Crippen molar-refractivity contribution in [2.75, 3.05) is 13.1 Å². The molecular weight excluding hydrogens is 310 g/mol. The lowest BCUT2D eigenvalue weighted by molar-refractivity contribution is 0.0593. The van der Waals surface area contributed by atoms with Crippen molar-refractivity contribution in [2.45, 2.75) is 32.7 Å². The van der Waals surface area contributed by atoms with Crippen LogP contribution in [0.5, 0.6) is 0 Å². The topological polar surface area (TPSA) is 55.2 Å². The maximum absolute atomic E-state index is 12.9. The van der Waals surface area contributed by atoms with Gasteiger partial charge in [-0.1, -0.05) is 6.07 Å². The number of rotatable bonds is 1. The highest BCUT2D eigenvalue weighted by Crippen LogP contribution is 2.36. The van der Waals surface area contributed by atoms with Crippen LogP contribution in [-0.2, 0) is 6.54 Å². The molecule has 2 atom stereocenters. The van der Waals surface area contributed by atoms with Crippen molar-refractivity contribution in [1.29, 1.82) is 0 Å². The largest absolute Gasteiger partial charge is 0.338 e. The van der Waals surface area contributed by atoms with E-state index in [0.717, 1.165) is 41.3 Å². The van der Waals surface area contributed by atoms with Crippen LogP contribution >= 0.6 is 11.5 Å². The lowest BCUT2D eigenvalue weighted by Crippen LogP contribution is -2.49. The maximum Gasteiger partial charge on any atom is 0.256 e. The highest BCUT2D eigenvalue weighted by atomic mass is 32.1. The molecule has 0 saturated carbocycles. The molecule has 1 fully saturated rings. The highest BCUT2D eigenvalue weighted by Gasteiger charge is 2.37. The summed E-state index contributed by atoms with van der Waals surface area (Å²) in [4.78, 5) is 27.9. The molecule has 5 nitrogen and oxygen atoms in total. The van der Waals surface area contributed by atoms with E-state index in [1.54, 1.807) is 6.07 Å². The number of hydrogen-bond acceptors (Lipinski definition) is 4. The van der Waals surface area contributed by atoms with Gasteiger partial charge in [0.15, 0.2) is 0 Å². The fraction of sp³-hybridized carbons (Fsp3) is 0.471. The van der Waals surface area contributed by atoms with Crippen LogP contribution < -0.4 is 5.56 Å². The van der Waals surface area contributed by atoms with Gasteiger partial charge in [-0.15, -0.1) is 0 Å². The monoisotopic (exact) mass is 329 g/mol. The minimum absolute atomic E-state index is 0.0747. The molecule has 4 rings (SSSR count). The van der Waals surface area contributed by atoms with E-state index in [2.05, 4.69) is 4.37 Å². The lowest BCUT2D eigenvalue weighted by Gasteiger charge is -2.42. The Bertz CT molecular complexity index is 819. The maximum atomic E-state index is 12.9. The van der Waals surface area contributed by atoms with E-state index in [4.69, 9.17) is 0 Å². The summed E-state index contributed by atoms with van der Waals surface area (Å²) in [5, 5.41) is 0. The van der Waals surface area contributed by atoms with Gasteiger partial charge in [0, 0.05) is 42.2 Å². The van der Waals surface area contributed by atoms with Gasteiger partial charge in [0.2, 0.25) is 0 Å². The normalized spacial score (nSPS) is 22.8. The van der Waals surface area contributed by atoms with Gasteiger partial charge in [0.05, 0.1) is 11.3 Å². The van der Waals surface area contributed by atoms with Crippen LogP contribution in [0.1, 0.15) is 39.0 Å². The summed E-state index contributed by atoms with van der Waals surface area (Å²) in [7, 11) is 0. The van der Waals surface area contributed by atoms with Gasteiger partial charge in [0.25, 0.3) is 11.5 Å². The van der Waals surface area contributed by atoms with Crippen LogP contribution in [0, 0.1) is 19.8 Å². The molecule has 2 aliphatic heterocycles. The van der Waals surface area contributed by atoms with Crippen LogP contribution in [-0.4, -0.2) is 32.8 Å². The molecule has 0 N–H and O–H groups in total. The summed E-state index contributed by atoms with van der Waals surface area (Å²) in [5.74, 6) is 0.709. The highest BCUT2D eigenvalue weighted by molar-refractivity contribution is 7.06. The number of aryl methyl sites for hydroxylation is 2. The molecule has 2 aromatic heterocycles. The molecule has 23 heavy (non-hydrogen) atoms. The van der Waals surface area contributed by atoms with Crippen molar-refractivity contribution in [1.82, 2.24) is 13.8 Å². The van der Waals surface area contributed by atoms with Crippen molar-refractivity contribution in [3.63, 3.8) is 0 Å². The number of pyridine rings is 1. The SMILES string of the molecule is Cc1nsc(C)c1C(=O)N1C[C@@H]2C[C@H](C1)c1cccc(=O)n1C2. The Balaban J connectivity index is 1.66. The van der Waals surface area contributed by atoms with Crippen molar-refractivity contribution in [3.8, 4) is 0 Å². The Hall–Kier alpha value is -1.95. The van der Waals surface area contributed by atoms with Gasteiger partial charge in [0.1, 0.15) is 0 Å². The van der Waals surface area contributed by atoms with Gasteiger partial charge in [-0.2, -0.15) is 4.37 Å².